The molecule has 2 aliphatic rings. The van der Waals surface area contributed by atoms with Crippen molar-refractivity contribution in [2.45, 2.75) is 29.9 Å². The lowest BCUT2D eigenvalue weighted by atomic mass is 10.1. The van der Waals surface area contributed by atoms with Gasteiger partial charge < -0.3 is 30.2 Å². The van der Waals surface area contributed by atoms with E-state index in [1.54, 1.807) is 6.07 Å². The molecule has 3 aromatic rings. The molecule has 4 N–H and O–H groups in total. The van der Waals surface area contributed by atoms with E-state index in [-0.39, 0.29) is 42.9 Å². The zero-order chi connectivity index (χ0) is 26.0. The highest BCUT2D eigenvalue weighted by Gasteiger charge is 2.36. The maximum atomic E-state index is 13.9. The molecule has 5 rings (SSSR count). The standard InChI is InChI=1S/C25H29ClN4O6S/c26-16-12-20-22(21(13-16)28-17-6-9-34-10-7-17)29-23(25(27)31)24(20)37(32,33)30-8-11-35-19(14-30)15-36-18-4-2-1-3-5-18/h1-5,12-13,17,19,28-29H,6-11,14-15H2,(H2,27,31)/t19-/m0/s1. The fourth-order valence-corrected chi connectivity index (χ4v) is 6.70. The number of nitrogens with two attached hydrogens (primary N) is 1. The van der Waals surface area contributed by atoms with Crippen LogP contribution in [0.3, 0.4) is 0 Å². The summed E-state index contributed by atoms with van der Waals surface area (Å²) in [6.45, 7) is 1.82. The average molecular weight is 549 g/mol. The summed E-state index contributed by atoms with van der Waals surface area (Å²) in [7, 11) is -4.14. The van der Waals surface area contributed by atoms with Crippen molar-refractivity contribution in [3.8, 4) is 5.75 Å². The van der Waals surface area contributed by atoms with Gasteiger partial charge in [0.15, 0.2) is 0 Å². The minimum absolute atomic E-state index is 0.0633. The summed E-state index contributed by atoms with van der Waals surface area (Å²) in [5, 5.41) is 4.06. The number of nitrogens with one attached hydrogen (secondary N) is 2. The summed E-state index contributed by atoms with van der Waals surface area (Å²) in [5.41, 5.74) is 6.53. The molecule has 0 saturated carbocycles. The number of aromatic nitrogens is 1. The number of benzene rings is 2. The second-order valence-corrected chi connectivity index (χ2v) is 11.4. The Morgan fingerprint density at radius 2 is 1.95 bits per heavy atom. The Bertz CT molecular complexity index is 1370. The van der Waals surface area contributed by atoms with E-state index in [9.17, 15) is 13.2 Å². The lowest BCUT2D eigenvalue weighted by Crippen LogP contribution is -2.47. The van der Waals surface area contributed by atoms with Crippen molar-refractivity contribution in [3.05, 3.63) is 53.2 Å². The van der Waals surface area contributed by atoms with Crippen LogP contribution in [0.4, 0.5) is 5.69 Å². The molecule has 0 bridgehead atoms. The maximum absolute atomic E-state index is 13.9. The Labute approximate surface area is 220 Å². The summed E-state index contributed by atoms with van der Waals surface area (Å²) >= 11 is 6.42. The third-order valence-electron chi connectivity index (χ3n) is 6.53. The first-order chi connectivity index (χ1) is 17.8. The summed E-state index contributed by atoms with van der Waals surface area (Å²) < 4.78 is 46.1. The number of para-hydroxylation sites is 1. The van der Waals surface area contributed by atoms with Crippen LogP contribution in [-0.2, 0) is 19.5 Å². The van der Waals surface area contributed by atoms with Gasteiger partial charge >= 0.3 is 0 Å². The smallest absolute Gasteiger partial charge is 0.266 e. The fourth-order valence-electron chi connectivity index (χ4n) is 4.70. The first kappa shape index (κ1) is 25.8. The maximum Gasteiger partial charge on any atom is 0.266 e. The topological polar surface area (TPSA) is 136 Å². The molecule has 198 valence electrons. The number of ether oxygens (including phenoxy) is 3. The Kier molecular flexibility index (Phi) is 7.59. The van der Waals surface area contributed by atoms with E-state index in [1.807, 2.05) is 30.3 Å². The molecular weight excluding hydrogens is 520 g/mol. The molecule has 1 atom stereocenters. The number of carbonyl (C=O) groups excluding carboxylic acids is 1. The van der Waals surface area contributed by atoms with Gasteiger partial charge in [-0.15, -0.1) is 0 Å². The SMILES string of the molecule is NC(=O)c1[nH]c2c(NC3CCOCC3)cc(Cl)cc2c1S(=O)(=O)N1CCO[C@H](COc2ccccc2)C1. The van der Waals surface area contributed by atoms with Crippen LogP contribution in [0.25, 0.3) is 10.9 Å². The summed E-state index contributed by atoms with van der Waals surface area (Å²) in [5.74, 6) is -0.210. The Balaban J connectivity index is 1.46. The van der Waals surface area contributed by atoms with Gasteiger partial charge in [0.2, 0.25) is 10.0 Å². The minimum Gasteiger partial charge on any atom is -0.491 e. The molecule has 37 heavy (non-hydrogen) atoms. The van der Waals surface area contributed by atoms with Crippen LogP contribution in [0.15, 0.2) is 47.4 Å². The molecule has 12 heteroatoms. The molecule has 2 aliphatic heterocycles. The Hall–Kier alpha value is -2.83. The van der Waals surface area contributed by atoms with Crippen molar-refractivity contribution in [1.82, 2.24) is 9.29 Å². The lowest BCUT2D eigenvalue weighted by Gasteiger charge is -2.32. The molecule has 0 radical (unpaired) electrons. The monoisotopic (exact) mass is 548 g/mol. The van der Waals surface area contributed by atoms with Gasteiger partial charge in [0.25, 0.3) is 5.91 Å². The predicted octanol–water partition coefficient (Wildman–Crippen LogP) is 2.98. The van der Waals surface area contributed by atoms with E-state index in [4.69, 9.17) is 31.5 Å². The van der Waals surface area contributed by atoms with Crippen LogP contribution in [0.1, 0.15) is 23.3 Å². The van der Waals surface area contributed by atoms with E-state index >= 15 is 0 Å². The van der Waals surface area contributed by atoms with Crippen molar-refractivity contribution in [2.24, 2.45) is 5.73 Å². The minimum atomic E-state index is -4.14. The molecule has 3 heterocycles. The van der Waals surface area contributed by atoms with Gasteiger partial charge in [0, 0.05) is 42.8 Å². The highest BCUT2D eigenvalue weighted by atomic mass is 35.5. The van der Waals surface area contributed by atoms with Crippen LogP contribution in [0, 0.1) is 0 Å². The molecule has 2 fully saturated rings. The number of fused-ring (bicyclic) bond motifs is 1. The van der Waals surface area contributed by atoms with Crippen molar-refractivity contribution in [2.75, 3.05) is 44.8 Å². The number of primary amides is 1. The Morgan fingerprint density at radius 1 is 1.19 bits per heavy atom. The van der Waals surface area contributed by atoms with E-state index in [0.717, 1.165) is 12.8 Å². The van der Waals surface area contributed by atoms with Crippen LogP contribution < -0.4 is 15.8 Å². The molecular formula is C25H29ClN4O6S. The number of rotatable bonds is 8. The first-order valence-corrected chi connectivity index (χ1v) is 13.9. The number of hydrogen-bond acceptors (Lipinski definition) is 7. The second kappa shape index (κ2) is 10.9. The molecule has 0 unspecified atom stereocenters. The van der Waals surface area contributed by atoms with E-state index in [1.165, 1.54) is 10.4 Å². The van der Waals surface area contributed by atoms with E-state index in [2.05, 4.69) is 10.3 Å². The number of carbonyl (C=O) groups is 1. The third-order valence-corrected chi connectivity index (χ3v) is 8.70. The predicted molar refractivity (Wildman–Crippen MR) is 140 cm³/mol. The Morgan fingerprint density at radius 3 is 2.68 bits per heavy atom. The van der Waals surface area contributed by atoms with E-state index < -0.39 is 22.0 Å². The van der Waals surface area contributed by atoms with Gasteiger partial charge in [0.1, 0.15) is 29.0 Å². The zero-order valence-corrected chi connectivity index (χ0v) is 21.7. The van der Waals surface area contributed by atoms with Gasteiger partial charge in [-0.2, -0.15) is 4.31 Å². The van der Waals surface area contributed by atoms with Crippen LogP contribution >= 0.6 is 11.6 Å². The lowest BCUT2D eigenvalue weighted by molar-refractivity contribution is -0.0249. The van der Waals surface area contributed by atoms with Crippen molar-refractivity contribution >= 4 is 44.1 Å². The number of aromatic amines is 1. The molecule has 10 nitrogen and oxygen atoms in total. The largest absolute Gasteiger partial charge is 0.491 e. The van der Waals surface area contributed by atoms with Crippen LogP contribution in [0.5, 0.6) is 5.75 Å². The molecule has 1 amide bonds. The van der Waals surface area contributed by atoms with Gasteiger partial charge in [-0.05, 0) is 37.1 Å². The van der Waals surface area contributed by atoms with Gasteiger partial charge in [-0.25, -0.2) is 8.42 Å². The van der Waals surface area contributed by atoms with Gasteiger partial charge in [-0.3, -0.25) is 4.79 Å². The van der Waals surface area contributed by atoms with Gasteiger partial charge in [-0.1, -0.05) is 29.8 Å². The van der Waals surface area contributed by atoms with Crippen molar-refractivity contribution in [1.29, 1.82) is 0 Å². The number of H-pyrrole nitrogens is 1. The molecule has 0 aliphatic carbocycles. The zero-order valence-electron chi connectivity index (χ0n) is 20.1. The molecule has 2 saturated heterocycles. The summed E-state index contributed by atoms with van der Waals surface area (Å²) in [6, 6.07) is 12.6. The van der Waals surface area contributed by atoms with Crippen LogP contribution in [0.2, 0.25) is 5.02 Å². The number of hydrogen-bond donors (Lipinski definition) is 3. The van der Waals surface area contributed by atoms with E-state index in [0.29, 0.717) is 40.6 Å². The van der Waals surface area contributed by atoms with Crippen molar-refractivity contribution < 1.29 is 27.4 Å². The molecule has 0 spiro atoms. The molecule has 2 aromatic carbocycles. The number of anilines is 1. The number of morpholine rings is 1. The number of sulfonamides is 1. The highest BCUT2D eigenvalue weighted by molar-refractivity contribution is 7.89. The summed E-state index contributed by atoms with van der Waals surface area (Å²) in [6.07, 6.45) is 1.10. The highest BCUT2D eigenvalue weighted by Crippen LogP contribution is 2.37. The first-order valence-electron chi connectivity index (χ1n) is 12.1. The van der Waals surface area contributed by atoms with Gasteiger partial charge in [0.05, 0.1) is 17.8 Å². The number of nitrogens with zero attached hydrogens (tertiary/aromatic N) is 1. The van der Waals surface area contributed by atoms with Crippen molar-refractivity contribution in [3.63, 3.8) is 0 Å². The average Bonchev–Trinajstić information content (AvgIpc) is 3.30. The van der Waals surface area contributed by atoms with Crippen LogP contribution in [-0.4, -0.2) is 75.3 Å². The second-order valence-electron chi connectivity index (χ2n) is 9.08. The number of halogens is 1. The molecule has 1 aromatic heterocycles. The number of amides is 1. The third kappa shape index (κ3) is 5.55. The quantitative estimate of drug-likeness (QED) is 0.393. The normalized spacial score (nSPS) is 19.6. The summed E-state index contributed by atoms with van der Waals surface area (Å²) in [4.78, 5) is 15.2. The fraction of sp³-hybridized carbons (Fsp3) is 0.400.